The molecule has 0 unspecified atom stereocenters. The predicted octanol–water partition coefficient (Wildman–Crippen LogP) is 3.73. The van der Waals surface area contributed by atoms with Gasteiger partial charge in [0.15, 0.2) is 0 Å². The number of rotatable bonds is 1. The number of pyridine rings is 1. The number of benzene rings is 1. The van der Waals surface area contributed by atoms with Gasteiger partial charge in [-0.25, -0.2) is 4.39 Å². The third kappa shape index (κ3) is 4.35. The van der Waals surface area contributed by atoms with Gasteiger partial charge in [-0.1, -0.05) is 12.1 Å². The second kappa shape index (κ2) is 8.07. The van der Waals surface area contributed by atoms with Crippen LogP contribution >= 0.6 is 0 Å². The van der Waals surface area contributed by atoms with Gasteiger partial charge in [0.1, 0.15) is 0 Å². The van der Waals surface area contributed by atoms with Crippen molar-refractivity contribution in [1.82, 2.24) is 4.98 Å². The van der Waals surface area contributed by atoms with E-state index in [0.29, 0.717) is 11.3 Å². The fourth-order valence-electron chi connectivity index (χ4n) is 1.12. The maximum absolute atomic E-state index is 12.8. The SMILES string of the molecule is Fc1c[c-]c(-c2ccccn2)cc1F.[CH3-].[CH3-].[Pt]. The summed E-state index contributed by atoms with van der Waals surface area (Å²) in [6.07, 6.45) is 1.59. The van der Waals surface area contributed by atoms with Gasteiger partial charge in [0.25, 0.3) is 0 Å². The third-order valence-electron chi connectivity index (χ3n) is 1.79. The van der Waals surface area contributed by atoms with Crippen molar-refractivity contribution in [2.24, 2.45) is 0 Å². The molecule has 2 rings (SSSR count). The van der Waals surface area contributed by atoms with Gasteiger partial charge in [-0.05, 0) is 11.8 Å². The van der Waals surface area contributed by atoms with Gasteiger partial charge in [-0.3, -0.25) is 4.39 Å². The van der Waals surface area contributed by atoms with Crippen LogP contribution in [0.1, 0.15) is 0 Å². The van der Waals surface area contributed by atoms with Crippen LogP contribution in [0, 0.1) is 32.6 Å². The summed E-state index contributed by atoms with van der Waals surface area (Å²) in [6, 6.07) is 9.91. The quantitative estimate of drug-likeness (QED) is 0.647. The van der Waals surface area contributed by atoms with Gasteiger partial charge in [0.05, 0.1) is 11.6 Å². The van der Waals surface area contributed by atoms with E-state index in [1.807, 2.05) is 0 Å². The Labute approximate surface area is 115 Å². The Morgan fingerprint density at radius 3 is 2.29 bits per heavy atom. The maximum atomic E-state index is 12.8. The van der Waals surface area contributed by atoms with E-state index in [1.54, 1.807) is 24.4 Å². The van der Waals surface area contributed by atoms with Crippen molar-refractivity contribution in [1.29, 1.82) is 0 Å². The zero-order valence-corrected chi connectivity index (χ0v) is 11.8. The van der Waals surface area contributed by atoms with Crippen LogP contribution in [0.2, 0.25) is 0 Å². The Morgan fingerprint density at radius 2 is 1.76 bits per heavy atom. The molecule has 0 bridgehead atoms. The predicted molar refractivity (Wildman–Crippen MR) is 61.3 cm³/mol. The molecule has 17 heavy (non-hydrogen) atoms. The van der Waals surface area contributed by atoms with Crippen molar-refractivity contribution >= 4 is 0 Å². The third-order valence-corrected chi connectivity index (χ3v) is 1.79. The molecule has 0 aliphatic carbocycles. The van der Waals surface area contributed by atoms with Crippen LogP contribution in [0.3, 0.4) is 0 Å². The summed E-state index contributed by atoms with van der Waals surface area (Å²) in [7, 11) is 0. The molecule has 1 heterocycles. The molecule has 0 saturated carbocycles. The van der Waals surface area contributed by atoms with E-state index >= 15 is 0 Å². The second-order valence-electron chi connectivity index (χ2n) is 2.76. The molecule has 0 radical (unpaired) electrons. The van der Waals surface area contributed by atoms with E-state index in [1.165, 1.54) is 0 Å². The topological polar surface area (TPSA) is 12.9 Å². The second-order valence-corrected chi connectivity index (χ2v) is 2.76. The minimum absolute atomic E-state index is 0. The summed E-state index contributed by atoms with van der Waals surface area (Å²) >= 11 is 0. The van der Waals surface area contributed by atoms with Crippen molar-refractivity contribution in [3.05, 3.63) is 69.1 Å². The Bertz CT molecular complexity index is 446. The maximum Gasteiger partial charge on any atom is 0.0765 e. The molecular formula is C13H12F2NPt-3. The number of aromatic nitrogens is 1. The van der Waals surface area contributed by atoms with Crippen molar-refractivity contribution in [2.45, 2.75) is 0 Å². The van der Waals surface area contributed by atoms with Crippen LogP contribution in [0.4, 0.5) is 8.78 Å². The smallest absolute Gasteiger partial charge is 0.0765 e. The molecule has 1 nitrogen and oxygen atoms in total. The van der Waals surface area contributed by atoms with E-state index in [-0.39, 0.29) is 35.9 Å². The Kier molecular flexibility index (Phi) is 8.69. The molecule has 0 amide bonds. The van der Waals surface area contributed by atoms with E-state index < -0.39 is 11.6 Å². The molecule has 0 spiro atoms. The first-order valence-electron chi connectivity index (χ1n) is 4.05. The molecule has 96 valence electrons. The average Bonchev–Trinajstić information content (AvgIpc) is 2.23. The molecule has 0 fully saturated rings. The summed E-state index contributed by atoms with van der Waals surface area (Å²) in [5, 5.41) is 0. The average molecular weight is 415 g/mol. The first-order valence-corrected chi connectivity index (χ1v) is 4.05. The summed E-state index contributed by atoms with van der Waals surface area (Å²) in [5.74, 6) is -1.78. The molecule has 1 aromatic heterocycles. The molecule has 0 atom stereocenters. The monoisotopic (exact) mass is 415 g/mol. The fraction of sp³-hybridized carbons (Fsp3) is 0. The zero-order valence-electron chi connectivity index (χ0n) is 9.48. The summed E-state index contributed by atoms with van der Waals surface area (Å²) < 4.78 is 25.4. The van der Waals surface area contributed by atoms with Gasteiger partial charge in [0.2, 0.25) is 0 Å². The van der Waals surface area contributed by atoms with Crippen molar-refractivity contribution in [2.75, 3.05) is 0 Å². The Balaban J connectivity index is 0. The first kappa shape index (κ1) is 18.3. The minimum Gasteiger partial charge on any atom is -0.358 e. The molecule has 0 aliphatic rings. The molecule has 0 aliphatic heterocycles. The number of halogens is 2. The van der Waals surface area contributed by atoms with Crippen molar-refractivity contribution in [3.63, 3.8) is 0 Å². The zero-order chi connectivity index (χ0) is 9.97. The van der Waals surface area contributed by atoms with Crippen LogP contribution in [0.5, 0.6) is 0 Å². The summed E-state index contributed by atoms with van der Waals surface area (Å²) in [6.45, 7) is 0. The van der Waals surface area contributed by atoms with E-state index in [4.69, 9.17) is 0 Å². The molecular weight excluding hydrogens is 403 g/mol. The molecule has 0 saturated heterocycles. The molecule has 2 aromatic rings. The van der Waals surface area contributed by atoms with Crippen molar-refractivity contribution in [3.8, 4) is 11.3 Å². The largest absolute Gasteiger partial charge is 0.358 e. The van der Waals surface area contributed by atoms with Gasteiger partial charge in [-0.2, -0.15) is 0 Å². The van der Waals surface area contributed by atoms with Crippen LogP contribution in [0.25, 0.3) is 11.3 Å². The number of nitrogens with zero attached hydrogens (tertiary/aromatic N) is 1. The molecule has 0 N–H and O–H groups in total. The van der Waals surface area contributed by atoms with E-state index in [0.717, 1.165) is 12.1 Å². The van der Waals surface area contributed by atoms with Gasteiger partial charge >= 0.3 is 0 Å². The van der Waals surface area contributed by atoms with Crippen LogP contribution in [0.15, 0.2) is 36.5 Å². The number of hydrogen-bond acceptors (Lipinski definition) is 1. The molecule has 1 aromatic carbocycles. The van der Waals surface area contributed by atoms with Crippen LogP contribution in [-0.2, 0) is 21.1 Å². The summed E-state index contributed by atoms with van der Waals surface area (Å²) in [4.78, 5) is 4.00. The Hall–Kier alpha value is -1.08. The first-order chi connectivity index (χ1) is 6.77. The minimum atomic E-state index is -0.898. The van der Waals surface area contributed by atoms with Gasteiger partial charge < -0.3 is 19.8 Å². The van der Waals surface area contributed by atoms with Crippen LogP contribution < -0.4 is 0 Å². The van der Waals surface area contributed by atoms with E-state index in [2.05, 4.69) is 11.1 Å². The summed E-state index contributed by atoms with van der Waals surface area (Å²) in [5.41, 5.74) is 1.02. The molecule has 4 heteroatoms. The van der Waals surface area contributed by atoms with E-state index in [9.17, 15) is 8.78 Å². The van der Waals surface area contributed by atoms with Crippen LogP contribution in [-0.4, -0.2) is 4.98 Å². The number of hydrogen-bond donors (Lipinski definition) is 0. The Morgan fingerprint density at radius 1 is 1.06 bits per heavy atom. The standard InChI is InChI=1S/C11H6F2N.2CH3.Pt/c12-9-5-4-8(7-10(9)13)11-3-1-2-6-14-11;;;/h1-3,5-7H;2*1H3;/q3*-1;. The van der Waals surface area contributed by atoms with Gasteiger partial charge in [0, 0.05) is 27.3 Å². The fourth-order valence-corrected chi connectivity index (χ4v) is 1.12. The van der Waals surface area contributed by atoms with Gasteiger partial charge in [-0.15, -0.1) is 23.8 Å². The van der Waals surface area contributed by atoms with Crippen molar-refractivity contribution < 1.29 is 29.8 Å². The normalized spacial score (nSPS) is 8.35.